The molecule has 206 valence electrons. The second-order valence-corrected chi connectivity index (χ2v) is 14.3. The molecule has 1 N–H and O–H groups in total. The highest BCUT2D eigenvalue weighted by Crippen LogP contribution is 2.74. The van der Waals surface area contributed by atoms with Gasteiger partial charge in [0, 0.05) is 26.2 Å². The molecule has 3 fully saturated rings. The summed E-state index contributed by atoms with van der Waals surface area (Å²) in [6, 6.07) is 0. The van der Waals surface area contributed by atoms with Crippen LogP contribution in [0.15, 0.2) is 23.4 Å². The summed E-state index contributed by atoms with van der Waals surface area (Å²) in [6.07, 6.45) is 8.80. The Labute approximate surface area is 230 Å². The fourth-order valence-electron chi connectivity index (χ4n) is 9.84. The zero-order valence-corrected chi connectivity index (χ0v) is 23.4. The predicted molar refractivity (Wildman–Crippen MR) is 145 cm³/mol. The van der Waals surface area contributed by atoms with E-state index in [1.807, 2.05) is 6.92 Å². The first-order chi connectivity index (χ1) is 20.0. The molecule has 0 heterocycles. The number of esters is 1. The molecule has 0 aromatic carbocycles. The summed E-state index contributed by atoms with van der Waals surface area (Å²) in [7, 11) is 1.46. The van der Waals surface area contributed by atoms with Crippen LogP contribution in [-0.4, -0.2) is 35.4 Å². The molecule has 3 saturated carbocycles. The molecule has 0 unspecified atom stereocenters. The Hall–Kier alpha value is -2.26. The first-order valence-electron chi connectivity index (χ1n) is 16.8. The van der Waals surface area contributed by atoms with Crippen LogP contribution in [-0.2, 0) is 19.1 Å². The summed E-state index contributed by atoms with van der Waals surface area (Å²) in [5.74, 6) is -1.46. The van der Waals surface area contributed by atoms with Crippen LogP contribution in [0.5, 0.6) is 0 Å². The molecule has 0 radical (unpaired) electrons. The topological polar surface area (TPSA) is 85.0 Å². The summed E-state index contributed by atoms with van der Waals surface area (Å²) in [5.41, 5.74) is -2.91. The van der Waals surface area contributed by atoms with Gasteiger partial charge in [-0.25, -0.2) is 4.85 Å². The predicted octanol–water partition coefficient (Wildman–Crippen LogP) is 6.19. The molecule has 8 atom stereocenters. The molecule has 37 heavy (non-hydrogen) atoms. The van der Waals surface area contributed by atoms with Crippen LogP contribution >= 0.6 is 0 Å². The fourth-order valence-corrected chi connectivity index (χ4v) is 9.84. The van der Waals surface area contributed by atoms with E-state index < -0.39 is 33.5 Å². The Morgan fingerprint density at radius 2 is 1.76 bits per heavy atom. The van der Waals surface area contributed by atoms with Crippen LogP contribution in [0.3, 0.4) is 0 Å². The minimum atomic E-state index is -1.66. The fraction of sp³-hybridized carbons (Fsp3) is 0.742. The third-order valence-corrected chi connectivity index (χ3v) is 12.1. The Morgan fingerprint density at radius 1 is 1.11 bits per heavy atom. The molecule has 0 amide bonds. The molecule has 5 aliphatic rings. The van der Waals surface area contributed by atoms with Crippen LogP contribution in [0, 0.1) is 51.4 Å². The highest BCUT2D eigenvalue weighted by molar-refractivity contribution is 6.05. The highest BCUT2D eigenvalue weighted by atomic mass is 16.5. The van der Waals surface area contributed by atoms with Crippen LogP contribution in [0.4, 0.5) is 0 Å². The third kappa shape index (κ3) is 3.10. The van der Waals surface area contributed by atoms with Crippen molar-refractivity contribution in [1.29, 1.82) is 0 Å². The van der Waals surface area contributed by atoms with Gasteiger partial charge in [-0.05, 0) is 80.1 Å². The van der Waals surface area contributed by atoms with Gasteiger partial charge in [-0.1, -0.05) is 46.3 Å². The average Bonchev–Trinajstić information content (AvgIpc) is 2.98. The highest BCUT2D eigenvalue weighted by Gasteiger charge is 2.71. The number of fused-ring (bicyclic) bond motifs is 7. The van der Waals surface area contributed by atoms with Crippen LogP contribution < -0.4 is 0 Å². The molecule has 0 aromatic heterocycles. The van der Waals surface area contributed by atoms with E-state index in [9.17, 15) is 19.5 Å². The van der Waals surface area contributed by atoms with E-state index in [1.165, 1.54) is 14.0 Å². The van der Waals surface area contributed by atoms with Crippen LogP contribution in [0.25, 0.3) is 4.85 Å². The first kappa shape index (κ1) is 22.7. The van der Waals surface area contributed by atoms with Gasteiger partial charge < -0.3 is 14.6 Å². The van der Waals surface area contributed by atoms with Crippen molar-refractivity contribution in [3.05, 3.63) is 34.8 Å². The Bertz CT molecular complexity index is 1230. The van der Waals surface area contributed by atoms with Gasteiger partial charge in [0.15, 0.2) is 11.6 Å². The van der Waals surface area contributed by atoms with E-state index in [1.54, 1.807) is 12.2 Å². The number of allylic oxidation sites excluding steroid dienone is 3. The van der Waals surface area contributed by atoms with E-state index in [-0.39, 0.29) is 40.1 Å². The van der Waals surface area contributed by atoms with Crippen molar-refractivity contribution in [2.24, 2.45) is 44.8 Å². The number of Topliss-reactive ketones (excluding diaryl/α,β-unsaturated/α-hetero) is 1. The van der Waals surface area contributed by atoms with Crippen LogP contribution in [0.2, 0.25) is 0 Å². The summed E-state index contributed by atoms with van der Waals surface area (Å²) in [5, 5.41) is 11.4. The van der Waals surface area contributed by atoms with Crippen molar-refractivity contribution in [3.8, 4) is 0 Å². The zero-order chi connectivity index (χ0) is 33.4. The standard InChI is InChI=1S/C31H41NO5.3H2/c1-26(2)11-13-31(25(35)37-8)14-12-29(5)23(18(31)16-26)20(33)15-22-27(3)17-19(32-7)24(34)30(6,36)21(27)9-10-28(22,29)4;;;/h15,17-18,21,23,36H,9-14,16H2,1-6,8H3;3*1H/t18-,21+,23-,27-,28+,29+,30+,31-;;;/m0.../s1/i;3*1+2T. The summed E-state index contributed by atoms with van der Waals surface area (Å²) < 4.78 is 35.4. The van der Waals surface area contributed by atoms with Crippen molar-refractivity contribution in [2.45, 2.75) is 92.1 Å². The van der Waals surface area contributed by atoms with Gasteiger partial charge in [-0.3, -0.25) is 9.59 Å². The van der Waals surface area contributed by atoms with E-state index in [2.05, 4.69) is 32.5 Å². The Kier molecular flexibility index (Phi) is 4.70. The lowest BCUT2D eigenvalue weighted by Crippen LogP contribution is -2.66. The van der Waals surface area contributed by atoms with E-state index in [0.29, 0.717) is 12.8 Å². The lowest BCUT2D eigenvalue weighted by Gasteiger charge is -2.68. The van der Waals surface area contributed by atoms with E-state index in [4.69, 9.17) is 20.2 Å². The zero-order valence-electron chi connectivity index (χ0n) is 29.4. The number of hydrogen-bond donors (Lipinski definition) is 1. The second kappa shape index (κ2) is 7.65. The summed E-state index contributed by atoms with van der Waals surface area (Å²) in [4.78, 5) is 44.1. The minimum absolute atomic E-state index is 0.0327. The Morgan fingerprint density at radius 3 is 2.38 bits per heavy atom. The number of nitrogens with zero attached hydrogens (tertiary/aromatic N) is 1. The molecule has 5 aliphatic carbocycles. The van der Waals surface area contributed by atoms with Gasteiger partial charge >= 0.3 is 5.97 Å². The van der Waals surface area contributed by atoms with Gasteiger partial charge in [0.1, 0.15) is 5.60 Å². The molecule has 0 saturated heterocycles. The quantitative estimate of drug-likeness (QED) is 0.326. The minimum Gasteiger partial charge on any atom is -0.469 e. The van der Waals surface area contributed by atoms with Gasteiger partial charge in [-0.2, -0.15) is 0 Å². The first-order valence-corrected chi connectivity index (χ1v) is 13.8. The summed E-state index contributed by atoms with van der Waals surface area (Å²) >= 11 is 0. The maximum absolute atomic E-state index is 14.3. The molecule has 0 bridgehead atoms. The third-order valence-electron chi connectivity index (χ3n) is 12.1. The number of rotatable bonds is 1. The molecule has 0 spiro atoms. The molecule has 5 rings (SSSR count). The molecule has 6 nitrogen and oxygen atoms in total. The smallest absolute Gasteiger partial charge is 0.312 e. The number of ether oxygens (including phenoxy) is 1. The maximum atomic E-state index is 14.3. The van der Waals surface area contributed by atoms with E-state index >= 15 is 0 Å². The van der Waals surface area contributed by atoms with E-state index in [0.717, 1.165) is 37.7 Å². The SMILES string of the molecule is [3H][3H].[3H][3H].[3H][3H].[C-]#[N+]C1=C[C@]2(C)C3=CC(=O)[C@@H]4[C@@H]5CC(C)(C)CC[C@]5(C(=O)OC)CC[C@@]4(C)[C@]3(C)CC[C@H]2[C@@](C)(O)C1=O. The number of methoxy groups -OCH3 is 1. The Balaban J connectivity index is 0.00000101. The molecular weight excluding hydrogens is 466 g/mol. The summed E-state index contributed by atoms with van der Waals surface area (Å²) in [6.45, 7) is 20.1. The van der Waals surface area contributed by atoms with Gasteiger partial charge in [0.25, 0.3) is 0 Å². The lowest BCUT2D eigenvalue weighted by atomic mass is 9.34. The van der Waals surface area contributed by atoms with Crippen molar-refractivity contribution < 1.29 is 33.1 Å². The van der Waals surface area contributed by atoms with Gasteiger partial charge in [0.2, 0.25) is 5.70 Å². The maximum Gasteiger partial charge on any atom is 0.312 e. The van der Waals surface area contributed by atoms with Gasteiger partial charge in [0.05, 0.1) is 19.1 Å². The van der Waals surface area contributed by atoms with Crippen molar-refractivity contribution in [1.82, 2.24) is 0 Å². The van der Waals surface area contributed by atoms with Crippen molar-refractivity contribution in [3.63, 3.8) is 0 Å². The van der Waals surface area contributed by atoms with Gasteiger partial charge in [-0.15, -0.1) is 0 Å². The molecule has 0 aliphatic heterocycles. The normalized spacial score (nSPS) is 48.9. The number of ketones is 2. The molecule has 6 heteroatoms. The largest absolute Gasteiger partial charge is 0.469 e. The molecular formula is C31H47NO5. The number of carbonyl (C=O) groups is 3. The number of carbonyl (C=O) groups excluding carboxylic acids is 3. The monoisotopic (exact) mass is 525 g/mol. The van der Waals surface area contributed by atoms with Crippen molar-refractivity contribution >= 4 is 17.5 Å². The number of aliphatic hydroxyl groups is 1. The number of hydrogen-bond acceptors (Lipinski definition) is 5. The second-order valence-electron chi connectivity index (χ2n) is 14.3. The lowest BCUT2D eigenvalue weighted by molar-refractivity contribution is -0.192. The average molecular weight is 526 g/mol. The van der Waals surface area contributed by atoms with Crippen molar-refractivity contribution in [2.75, 3.05) is 7.11 Å². The van der Waals surface area contributed by atoms with Crippen LogP contribution in [0.1, 0.15) is 95.4 Å². The molecule has 0 aromatic rings.